The molecule has 0 saturated heterocycles. The van der Waals surface area contributed by atoms with E-state index in [1.165, 1.54) is 0 Å². The van der Waals surface area contributed by atoms with Gasteiger partial charge in [-0.25, -0.2) is 4.98 Å². The molecule has 0 unspecified atom stereocenters. The molecule has 2 N–H and O–H groups in total. The molecule has 0 aliphatic heterocycles. The van der Waals surface area contributed by atoms with E-state index in [4.69, 9.17) is 5.73 Å². The van der Waals surface area contributed by atoms with Gasteiger partial charge in [0.2, 0.25) is 0 Å². The van der Waals surface area contributed by atoms with Crippen molar-refractivity contribution in [3.05, 3.63) is 16.6 Å². The topological polar surface area (TPSA) is 38.9 Å². The van der Waals surface area contributed by atoms with Gasteiger partial charge in [-0.05, 0) is 5.92 Å². The Morgan fingerprint density at radius 1 is 1.70 bits per heavy atom. The highest BCUT2D eigenvalue weighted by molar-refractivity contribution is 7.10. The third kappa shape index (κ3) is 2.18. The van der Waals surface area contributed by atoms with Crippen molar-refractivity contribution in [2.24, 2.45) is 5.73 Å². The molecule has 0 bridgehead atoms. The monoisotopic (exact) mass is 152 g/mol. The molecule has 0 radical (unpaired) electrons. The lowest BCUT2D eigenvalue weighted by atomic mass is 10.4. The van der Waals surface area contributed by atoms with Crippen LogP contribution in [0.5, 0.6) is 0 Å². The van der Waals surface area contributed by atoms with Crippen LogP contribution in [-0.4, -0.2) is 11.5 Å². The van der Waals surface area contributed by atoms with Crippen molar-refractivity contribution in [2.45, 2.75) is 6.42 Å². The molecule has 52 valence electrons. The van der Waals surface area contributed by atoms with Crippen LogP contribution in [0.3, 0.4) is 0 Å². The van der Waals surface area contributed by atoms with Crippen molar-refractivity contribution in [1.29, 1.82) is 0 Å². The maximum absolute atomic E-state index is 5.25. The van der Waals surface area contributed by atoms with Crippen molar-refractivity contribution in [1.82, 2.24) is 4.98 Å². The van der Waals surface area contributed by atoms with Crippen LogP contribution in [0, 0.1) is 11.8 Å². The van der Waals surface area contributed by atoms with Gasteiger partial charge in [0.15, 0.2) is 5.01 Å². The van der Waals surface area contributed by atoms with E-state index in [9.17, 15) is 0 Å². The van der Waals surface area contributed by atoms with Crippen LogP contribution in [0.25, 0.3) is 0 Å². The Bertz CT molecular complexity index is 230. The predicted molar refractivity (Wildman–Crippen MR) is 42.7 cm³/mol. The Balaban J connectivity index is 2.49. The summed E-state index contributed by atoms with van der Waals surface area (Å²) in [7, 11) is 0. The van der Waals surface area contributed by atoms with E-state index in [2.05, 4.69) is 16.8 Å². The van der Waals surface area contributed by atoms with Crippen molar-refractivity contribution >= 4 is 11.3 Å². The average Bonchev–Trinajstić information content (AvgIpc) is 2.41. The Morgan fingerprint density at radius 3 is 3.20 bits per heavy atom. The molecule has 0 atom stereocenters. The second-order valence-corrected chi connectivity index (χ2v) is 2.57. The highest BCUT2D eigenvalue weighted by Gasteiger charge is 1.83. The van der Waals surface area contributed by atoms with Crippen LogP contribution >= 0.6 is 11.3 Å². The second-order valence-electron chi connectivity index (χ2n) is 1.68. The molecule has 1 aromatic heterocycles. The Kier molecular flexibility index (Phi) is 2.94. The summed E-state index contributed by atoms with van der Waals surface area (Å²) in [4.78, 5) is 3.99. The van der Waals surface area contributed by atoms with Crippen LogP contribution in [0.15, 0.2) is 11.6 Å². The molecule has 0 amide bonds. The molecule has 3 heteroatoms. The van der Waals surface area contributed by atoms with Gasteiger partial charge in [0.25, 0.3) is 0 Å². The SMILES string of the molecule is NCCC#Cc1nccs1. The second kappa shape index (κ2) is 4.04. The van der Waals surface area contributed by atoms with Gasteiger partial charge in [-0.2, -0.15) is 0 Å². The first-order valence-corrected chi connectivity index (χ1v) is 3.90. The first-order chi connectivity index (χ1) is 4.93. The summed E-state index contributed by atoms with van der Waals surface area (Å²) in [5.41, 5.74) is 5.25. The van der Waals surface area contributed by atoms with Crippen molar-refractivity contribution < 1.29 is 0 Å². The number of nitrogens with zero attached hydrogens (tertiary/aromatic N) is 1. The van der Waals surface area contributed by atoms with Crippen molar-refractivity contribution in [3.63, 3.8) is 0 Å². The van der Waals surface area contributed by atoms with E-state index >= 15 is 0 Å². The van der Waals surface area contributed by atoms with E-state index < -0.39 is 0 Å². The number of aromatic nitrogens is 1. The zero-order valence-electron chi connectivity index (χ0n) is 5.50. The van der Waals surface area contributed by atoms with Crippen molar-refractivity contribution in [3.8, 4) is 11.8 Å². The Hall–Kier alpha value is -0.850. The predicted octanol–water partition coefficient (Wildman–Crippen LogP) is 0.843. The maximum Gasteiger partial charge on any atom is 0.166 e. The number of rotatable bonds is 1. The standard InChI is InChI=1S/C7H8N2S/c8-4-2-1-3-7-9-5-6-10-7/h5-6H,2,4,8H2. The summed E-state index contributed by atoms with van der Waals surface area (Å²) in [6, 6.07) is 0. The number of thiazole rings is 1. The lowest BCUT2D eigenvalue weighted by molar-refractivity contribution is 1.03. The van der Waals surface area contributed by atoms with Gasteiger partial charge in [-0.1, -0.05) is 5.92 Å². The third-order valence-corrected chi connectivity index (χ3v) is 1.59. The van der Waals surface area contributed by atoms with Gasteiger partial charge in [0, 0.05) is 24.5 Å². The minimum absolute atomic E-state index is 0.623. The van der Waals surface area contributed by atoms with E-state index in [-0.39, 0.29) is 0 Å². The number of hydrogen-bond donors (Lipinski definition) is 1. The van der Waals surface area contributed by atoms with Gasteiger partial charge in [-0.3, -0.25) is 0 Å². The summed E-state index contributed by atoms with van der Waals surface area (Å²) in [5.74, 6) is 5.81. The van der Waals surface area contributed by atoms with Crippen LogP contribution in [0.4, 0.5) is 0 Å². The van der Waals surface area contributed by atoms with Gasteiger partial charge in [-0.15, -0.1) is 11.3 Å². The highest BCUT2D eigenvalue weighted by Crippen LogP contribution is 2.00. The normalized spacial score (nSPS) is 8.50. The largest absolute Gasteiger partial charge is 0.330 e. The molecule has 1 aromatic rings. The van der Waals surface area contributed by atoms with Crippen LogP contribution < -0.4 is 5.73 Å². The zero-order chi connectivity index (χ0) is 7.23. The van der Waals surface area contributed by atoms with Crippen LogP contribution in [0.1, 0.15) is 11.4 Å². The van der Waals surface area contributed by atoms with Crippen LogP contribution in [-0.2, 0) is 0 Å². The minimum Gasteiger partial charge on any atom is -0.330 e. The molecule has 2 nitrogen and oxygen atoms in total. The molecule has 10 heavy (non-hydrogen) atoms. The fourth-order valence-electron chi connectivity index (χ4n) is 0.495. The van der Waals surface area contributed by atoms with E-state index in [1.807, 2.05) is 5.38 Å². The first kappa shape index (κ1) is 7.26. The molecule has 0 spiro atoms. The quantitative estimate of drug-likeness (QED) is 0.606. The minimum atomic E-state index is 0.623. The summed E-state index contributed by atoms with van der Waals surface area (Å²) in [6.45, 7) is 0.623. The average molecular weight is 152 g/mol. The van der Waals surface area contributed by atoms with Gasteiger partial charge >= 0.3 is 0 Å². The lowest BCUT2D eigenvalue weighted by Gasteiger charge is -1.77. The highest BCUT2D eigenvalue weighted by atomic mass is 32.1. The molecule has 0 aromatic carbocycles. The fraction of sp³-hybridized carbons (Fsp3) is 0.286. The third-order valence-electron chi connectivity index (χ3n) is 0.897. The Morgan fingerprint density at radius 2 is 2.60 bits per heavy atom. The molecule has 0 aliphatic carbocycles. The lowest BCUT2D eigenvalue weighted by Crippen LogP contribution is -1.95. The van der Waals surface area contributed by atoms with E-state index in [0.29, 0.717) is 6.54 Å². The van der Waals surface area contributed by atoms with Gasteiger partial charge in [0.1, 0.15) is 0 Å². The number of nitrogens with two attached hydrogens (primary N) is 1. The molecule has 1 rings (SSSR count). The van der Waals surface area contributed by atoms with Gasteiger partial charge in [0.05, 0.1) is 0 Å². The van der Waals surface area contributed by atoms with Gasteiger partial charge < -0.3 is 5.73 Å². The summed E-state index contributed by atoms with van der Waals surface area (Å²) in [6.07, 6.45) is 2.50. The summed E-state index contributed by atoms with van der Waals surface area (Å²) >= 11 is 1.55. The van der Waals surface area contributed by atoms with Crippen LogP contribution in [0.2, 0.25) is 0 Å². The Labute approximate surface area is 64.1 Å². The number of hydrogen-bond acceptors (Lipinski definition) is 3. The summed E-state index contributed by atoms with van der Waals surface area (Å²) in [5, 5.41) is 2.78. The maximum atomic E-state index is 5.25. The summed E-state index contributed by atoms with van der Waals surface area (Å²) < 4.78 is 0. The molecule has 1 heterocycles. The first-order valence-electron chi connectivity index (χ1n) is 3.02. The molecule has 0 aliphatic rings. The molecule has 0 saturated carbocycles. The molecule has 0 fully saturated rings. The fourth-order valence-corrected chi connectivity index (χ4v) is 0.999. The molecular weight excluding hydrogens is 144 g/mol. The van der Waals surface area contributed by atoms with E-state index in [1.54, 1.807) is 17.5 Å². The zero-order valence-corrected chi connectivity index (χ0v) is 6.32. The molecular formula is C7H8N2S. The smallest absolute Gasteiger partial charge is 0.166 e. The van der Waals surface area contributed by atoms with Crippen molar-refractivity contribution in [2.75, 3.05) is 6.54 Å². The van der Waals surface area contributed by atoms with E-state index in [0.717, 1.165) is 11.4 Å².